The van der Waals surface area contributed by atoms with E-state index in [0.29, 0.717) is 11.3 Å². The third-order valence-electron chi connectivity index (χ3n) is 4.43. The van der Waals surface area contributed by atoms with Crippen LogP contribution in [0.25, 0.3) is 28.0 Å². The van der Waals surface area contributed by atoms with Gasteiger partial charge in [0.05, 0.1) is 18.5 Å². The number of aromatic nitrogens is 3. The quantitative estimate of drug-likeness (QED) is 0.594. The van der Waals surface area contributed by atoms with Crippen LogP contribution in [-0.2, 0) is 0 Å². The number of methoxy groups -OCH3 is 1. The fourth-order valence-electron chi connectivity index (χ4n) is 3.13. The second-order valence-electron chi connectivity index (χ2n) is 6.12. The first kappa shape index (κ1) is 16.8. The smallest absolute Gasteiger partial charge is 0.354 e. The first-order chi connectivity index (χ1) is 13.1. The molecule has 0 aliphatic heterocycles. The van der Waals surface area contributed by atoms with Crippen LogP contribution in [0.3, 0.4) is 0 Å². The molecule has 0 fully saturated rings. The lowest BCUT2D eigenvalue weighted by Crippen LogP contribution is -2.08. The fourth-order valence-corrected chi connectivity index (χ4v) is 3.13. The Morgan fingerprint density at radius 2 is 1.74 bits per heavy atom. The highest BCUT2D eigenvalue weighted by Gasteiger charge is 2.20. The molecule has 0 unspecified atom stereocenters. The average molecular weight is 359 g/mol. The SMILES string of the molecule is COc1ccc(-c2cc(C(=O)O)n3nc(C)c(-c4ccccc4)c3n2)cc1. The number of carbonyl (C=O) groups is 1. The van der Waals surface area contributed by atoms with E-state index < -0.39 is 5.97 Å². The van der Waals surface area contributed by atoms with Gasteiger partial charge in [0.1, 0.15) is 5.75 Å². The van der Waals surface area contributed by atoms with Gasteiger partial charge in [-0.2, -0.15) is 5.10 Å². The lowest BCUT2D eigenvalue weighted by molar-refractivity contribution is 0.0687. The van der Waals surface area contributed by atoms with Crippen LogP contribution in [0.4, 0.5) is 0 Å². The zero-order valence-corrected chi connectivity index (χ0v) is 14.9. The summed E-state index contributed by atoms with van der Waals surface area (Å²) >= 11 is 0. The van der Waals surface area contributed by atoms with Gasteiger partial charge in [-0.05, 0) is 42.8 Å². The molecule has 0 saturated carbocycles. The van der Waals surface area contributed by atoms with E-state index in [0.717, 1.165) is 28.1 Å². The third-order valence-corrected chi connectivity index (χ3v) is 4.43. The minimum absolute atomic E-state index is 0.0658. The van der Waals surface area contributed by atoms with E-state index in [1.807, 2.05) is 61.5 Å². The van der Waals surface area contributed by atoms with Crippen LogP contribution in [-0.4, -0.2) is 32.8 Å². The molecule has 0 spiro atoms. The molecule has 0 bridgehead atoms. The molecule has 0 radical (unpaired) electrons. The van der Waals surface area contributed by atoms with E-state index in [1.54, 1.807) is 13.2 Å². The van der Waals surface area contributed by atoms with Crippen LogP contribution in [0.1, 0.15) is 16.2 Å². The van der Waals surface area contributed by atoms with Gasteiger partial charge in [0.2, 0.25) is 0 Å². The number of rotatable bonds is 4. The molecule has 0 atom stereocenters. The van der Waals surface area contributed by atoms with Crippen molar-refractivity contribution in [1.82, 2.24) is 14.6 Å². The Kier molecular flexibility index (Phi) is 4.08. The second-order valence-corrected chi connectivity index (χ2v) is 6.12. The molecular weight excluding hydrogens is 342 g/mol. The maximum atomic E-state index is 11.8. The summed E-state index contributed by atoms with van der Waals surface area (Å²) in [5.41, 5.74) is 4.45. The summed E-state index contributed by atoms with van der Waals surface area (Å²) < 4.78 is 6.58. The van der Waals surface area contributed by atoms with Crippen LogP contribution in [0.5, 0.6) is 5.75 Å². The number of fused-ring (bicyclic) bond motifs is 1. The molecule has 1 N–H and O–H groups in total. The summed E-state index contributed by atoms with van der Waals surface area (Å²) in [5, 5.41) is 14.1. The Labute approximate surface area is 155 Å². The van der Waals surface area contributed by atoms with Gasteiger partial charge in [0.15, 0.2) is 11.3 Å². The Morgan fingerprint density at radius 1 is 1.04 bits per heavy atom. The van der Waals surface area contributed by atoms with Crippen molar-refractivity contribution in [2.45, 2.75) is 6.92 Å². The summed E-state index contributed by atoms with van der Waals surface area (Å²) in [4.78, 5) is 16.6. The molecule has 2 aromatic carbocycles. The van der Waals surface area contributed by atoms with Crippen molar-refractivity contribution in [1.29, 1.82) is 0 Å². The van der Waals surface area contributed by atoms with Crippen molar-refractivity contribution in [3.63, 3.8) is 0 Å². The summed E-state index contributed by atoms with van der Waals surface area (Å²) in [6.45, 7) is 1.86. The lowest BCUT2D eigenvalue weighted by Gasteiger charge is -2.07. The summed E-state index contributed by atoms with van der Waals surface area (Å²) in [6, 6.07) is 18.6. The minimum Gasteiger partial charge on any atom is -0.497 e. The molecule has 134 valence electrons. The summed E-state index contributed by atoms with van der Waals surface area (Å²) in [5.74, 6) is -0.331. The van der Waals surface area contributed by atoms with Crippen molar-refractivity contribution in [2.75, 3.05) is 7.11 Å². The molecule has 2 aromatic heterocycles. The van der Waals surface area contributed by atoms with Gasteiger partial charge < -0.3 is 9.84 Å². The fraction of sp³-hybridized carbons (Fsp3) is 0.0952. The van der Waals surface area contributed by atoms with Crippen LogP contribution in [0.15, 0.2) is 60.7 Å². The van der Waals surface area contributed by atoms with Gasteiger partial charge in [-0.15, -0.1) is 0 Å². The van der Waals surface area contributed by atoms with E-state index in [2.05, 4.69) is 5.10 Å². The van der Waals surface area contributed by atoms with Crippen LogP contribution < -0.4 is 4.74 Å². The zero-order chi connectivity index (χ0) is 19.0. The largest absolute Gasteiger partial charge is 0.497 e. The number of carboxylic acid groups (broad SMARTS) is 1. The Bertz CT molecular complexity index is 1130. The first-order valence-electron chi connectivity index (χ1n) is 8.42. The highest BCUT2D eigenvalue weighted by Crippen LogP contribution is 2.30. The molecule has 4 rings (SSSR count). The van der Waals surface area contributed by atoms with Gasteiger partial charge in [0.25, 0.3) is 0 Å². The number of carboxylic acids is 1. The maximum Gasteiger partial charge on any atom is 0.354 e. The van der Waals surface area contributed by atoms with Crippen molar-refractivity contribution in [3.05, 3.63) is 72.1 Å². The van der Waals surface area contributed by atoms with E-state index in [4.69, 9.17) is 9.72 Å². The molecule has 0 aliphatic carbocycles. The van der Waals surface area contributed by atoms with E-state index >= 15 is 0 Å². The van der Waals surface area contributed by atoms with Crippen molar-refractivity contribution in [2.24, 2.45) is 0 Å². The molecule has 0 aliphatic rings. The van der Waals surface area contributed by atoms with Crippen LogP contribution >= 0.6 is 0 Å². The van der Waals surface area contributed by atoms with Gasteiger partial charge in [0, 0.05) is 11.1 Å². The standard InChI is InChI=1S/C21H17N3O3/c1-13-19(15-6-4-3-5-7-15)20-22-17(12-18(21(25)26)24(20)23-13)14-8-10-16(27-2)11-9-14/h3-12H,1-2H3,(H,25,26). The first-order valence-corrected chi connectivity index (χ1v) is 8.42. The molecule has 0 saturated heterocycles. The van der Waals surface area contributed by atoms with Crippen molar-refractivity contribution >= 4 is 11.6 Å². The molecular formula is C21H17N3O3. The van der Waals surface area contributed by atoms with E-state index in [1.165, 1.54) is 4.52 Å². The number of hydrogen-bond acceptors (Lipinski definition) is 4. The zero-order valence-electron chi connectivity index (χ0n) is 14.9. The molecule has 6 nitrogen and oxygen atoms in total. The summed E-state index contributed by atoms with van der Waals surface area (Å²) in [7, 11) is 1.60. The maximum absolute atomic E-state index is 11.8. The minimum atomic E-state index is -1.06. The lowest BCUT2D eigenvalue weighted by atomic mass is 10.1. The predicted molar refractivity (Wildman–Crippen MR) is 102 cm³/mol. The Morgan fingerprint density at radius 3 is 2.37 bits per heavy atom. The topological polar surface area (TPSA) is 76.7 Å². The van der Waals surface area contributed by atoms with Crippen molar-refractivity contribution < 1.29 is 14.6 Å². The number of aryl methyl sites for hydroxylation is 1. The van der Waals surface area contributed by atoms with Gasteiger partial charge >= 0.3 is 5.97 Å². The highest BCUT2D eigenvalue weighted by molar-refractivity contribution is 5.90. The predicted octanol–water partition coefficient (Wildman–Crippen LogP) is 4.08. The number of aromatic carboxylic acids is 1. The highest BCUT2D eigenvalue weighted by atomic mass is 16.5. The van der Waals surface area contributed by atoms with E-state index in [-0.39, 0.29) is 5.69 Å². The molecule has 0 amide bonds. The molecule has 6 heteroatoms. The van der Waals surface area contributed by atoms with Gasteiger partial charge in [-0.1, -0.05) is 30.3 Å². The average Bonchev–Trinajstić information content (AvgIpc) is 3.03. The van der Waals surface area contributed by atoms with Crippen molar-refractivity contribution in [3.8, 4) is 28.1 Å². The Hall–Kier alpha value is -3.67. The van der Waals surface area contributed by atoms with Crippen LogP contribution in [0, 0.1) is 6.92 Å². The van der Waals surface area contributed by atoms with Crippen LogP contribution in [0.2, 0.25) is 0 Å². The summed E-state index contributed by atoms with van der Waals surface area (Å²) in [6.07, 6.45) is 0. The molecule has 27 heavy (non-hydrogen) atoms. The number of ether oxygens (including phenoxy) is 1. The second kappa shape index (κ2) is 6.57. The Balaban J connectivity index is 2.00. The number of benzene rings is 2. The number of hydrogen-bond donors (Lipinski definition) is 1. The normalized spacial score (nSPS) is 10.9. The molecule has 2 heterocycles. The van der Waals surface area contributed by atoms with Gasteiger partial charge in [-0.3, -0.25) is 0 Å². The number of nitrogens with zero attached hydrogens (tertiary/aromatic N) is 3. The van der Waals surface area contributed by atoms with E-state index in [9.17, 15) is 9.90 Å². The monoisotopic (exact) mass is 359 g/mol. The molecule has 4 aromatic rings. The third kappa shape index (κ3) is 2.91. The van der Waals surface area contributed by atoms with Gasteiger partial charge in [-0.25, -0.2) is 14.3 Å².